The predicted octanol–water partition coefficient (Wildman–Crippen LogP) is 4.02. The van der Waals surface area contributed by atoms with Crippen LogP contribution >= 0.6 is 0 Å². The molecule has 0 aromatic carbocycles. The van der Waals surface area contributed by atoms with Crippen molar-refractivity contribution in [3.05, 3.63) is 36.5 Å². The second-order valence-corrected chi connectivity index (χ2v) is 4.06. The van der Waals surface area contributed by atoms with Crippen LogP contribution < -0.4 is 5.32 Å². The van der Waals surface area contributed by atoms with Crippen LogP contribution in [0.2, 0.25) is 0 Å². The molecule has 3 heteroatoms. The standard InChI is InChI=1S/C12H17NO2.C3H8.C2H6/c1-4-9-7-11(12(14)15-6-3)13-8-10(9)5-2;1-3-2;1-2/h4-5,11,13H,1-2,6-8H2,3H3;3H2,1-2H3;1-2H3/t11-;;/m1../s1. The van der Waals surface area contributed by atoms with E-state index in [4.69, 9.17) is 4.74 Å². The van der Waals surface area contributed by atoms with Gasteiger partial charge in [0.2, 0.25) is 0 Å². The van der Waals surface area contributed by atoms with Crippen LogP contribution in [0.25, 0.3) is 0 Å². The first kappa shape index (κ1) is 21.0. The van der Waals surface area contributed by atoms with Gasteiger partial charge >= 0.3 is 5.97 Å². The molecule has 0 unspecified atom stereocenters. The van der Waals surface area contributed by atoms with Crippen molar-refractivity contribution in [1.29, 1.82) is 0 Å². The Morgan fingerprint density at radius 1 is 1.25 bits per heavy atom. The van der Waals surface area contributed by atoms with Crippen LogP contribution in [-0.2, 0) is 9.53 Å². The van der Waals surface area contributed by atoms with Gasteiger partial charge in [-0.25, -0.2) is 0 Å². The Bertz CT molecular complexity index is 319. The molecule has 0 saturated carbocycles. The molecule has 0 bridgehead atoms. The van der Waals surface area contributed by atoms with Crippen molar-refractivity contribution >= 4 is 5.97 Å². The number of allylic oxidation sites excluding steroid dienone is 1. The lowest BCUT2D eigenvalue weighted by atomic mass is 9.96. The SMILES string of the molecule is C=CC1=C(C=C)C[C@H](C(=O)OCC)NC1.CC.CCC. The summed E-state index contributed by atoms with van der Waals surface area (Å²) in [5, 5.41) is 3.12. The fourth-order valence-electron chi connectivity index (χ4n) is 1.60. The molecular formula is C17H31NO2. The monoisotopic (exact) mass is 281 g/mol. The molecular weight excluding hydrogens is 250 g/mol. The average molecular weight is 281 g/mol. The van der Waals surface area contributed by atoms with Gasteiger partial charge in [0, 0.05) is 6.54 Å². The lowest BCUT2D eigenvalue weighted by molar-refractivity contribution is -0.145. The van der Waals surface area contributed by atoms with Crippen molar-refractivity contribution in [1.82, 2.24) is 5.32 Å². The zero-order valence-electron chi connectivity index (χ0n) is 13.8. The predicted molar refractivity (Wildman–Crippen MR) is 87.8 cm³/mol. The van der Waals surface area contributed by atoms with Crippen molar-refractivity contribution in [2.75, 3.05) is 13.2 Å². The molecule has 0 amide bonds. The van der Waals surface area contributed by atoms with Gasteiger partial charge in [0.15, 0.2) is 0 Å². The fourth-order valence-corrected chi connectivity index (χ4v) is 1.60. The van der Waals surface area contributed by atoms with Gasteiger partial charge < -0.3 is 10.1 Å². The number of nitrogens with one attached hydrogen (secondary N) is 1. The Kier molecular flexibility index (Phi) is 14.7. The van der Waals surface area contributed by atoms with Gasteiger partial charge in [0.05, 0.1) is 6.61 Å². The van der Waals surface area contributed by atoms with Gasteiger partial charge in [0.25, 0.3) is 0 Å². The van der Waals surface area contributed by atoms with E-state index in [1.54, 1.807) is 19.1 Å². The van der Waals surface area contributed by atoms with Crippen LogP contribution in [0.1, 0.15) is 47.5 Å². The Morgan fingerprint density at radius 3 is 2.15 bits per heavy atom. The highest BCUT2D eigenvalue weighted by Crippen LogP contribution is 2.18. The lowest BCUT2D eigenvalue weighted by Gasteiger charge is -2.24. The Labute approximate surface area is 124 Å². The number of carbonyl (C=O) groups excluding carboxylic acids is 1. The first-order valence-electron chi connectivity index (χ1n) is 7.51. The van der Waals surface area contributed by atoms with Crippen molar-refractivity contribution < 1.29 is 9.53 Å². The molecule has 0 aromatic heterocycles. The molecule has 1 aliphatic rings. The maximum Gasteiger partial charge on any atom is 0.323 e. The van der Waals surface area contributed by atoms with E-state index in [0.717, 1.165) is 11.1 Å². The maximum atomic E-state index is 11.5. The summed E-state index contributed by atoms with van der Waals surface area (Å²) in [6.45, 7) is 18.6. The van der Waals surface area contributed by atoms with Crippen LogP contribution in [0.3, 0.4) is 0 Å². The summed E-state index contributed by atoms with van der Waals surface area (Å²) in [5.41, 5.74) is 2.17. The van der Waals surface area contributed by atoms with E-state index in [0.29, 0.717) is 19.6 Å². The quantitative estimate of drug-likeness (QED) is 0.791. The molecule has 0 aromatic rings. The molecule has 0 radical (unpaired) electrons. The molecule has 3 nitrogen and oxygen atoms in total. The van der Waals surface area contributed by atoms with Crippen LogP contribution in [-0.4, -0.2) is 25.2 Å². The van der Waals surface area contributed by atoms with Crippen molar-refractivity contribution in [2.45, 2.75) is 53.5 Å². The van der Waals surface area contributed by atoms with Crippen molar-refractivity contribution in [3.8, 4) is 0 Å². The molecule has 0 fully saturated rings. The van der Waals surface area contributed by atoms with Gasteiger partial charge in [-0.3, -0.25) is 4.79 Å². The topological polar surface area (TPSA) is 38.3 Å². The third kappa shape index (κ3) is 7.95. The highest BCUT2D eigenvalue weighted by atomic mass is 16.5. The highest BCUT2D eigenvalue weighted by Gasteiger charge is 2.24. The Morgan fingerprint density at radius 2 is 1.75 bits per heavy atom. The van der Waals surface area contributed by atoms with E-state index in [2.05, 4.69) is 32.3 Å². The van der Waals surface area contributed by atoms with Crippen molar-refractivity contribution in [2.24, 2.45) is 0 Å². The summed E-state index contributed by atoms with van der Waals surface area (Å²) in [6.07, 6.45) is 5.46. The summed E-state index contributed by atoms with van der Waals surface area (Å²) in [6, 6.07) is -0.248. The summed E-state index contributed by atoms with van der Waals surface area (Å²) >= 11 is 0. The molecule has 116 valence electrons. The number of esters is 1. The molecule has 1 N–H and O–H groups in total. The zero-order chi connectivity index (χ0) is 16.0. The van der Waals surface area contributed by atoms with E-state index < -0.39 is 0 Å². The average Bonchev–Trinajstić information content (AvgIpc) is 2.49. The lowest BCUT2D eigenvalue weighted by Crippen LogP contribution is -2.42. The second-order valence-electron chi connectivity index (χ2n) is 4.06. The van der Waals surface area contributed by atoms with Crippen LogP contribution in [0.5, 0.6) is 0 Å². The normalized spacial score (nSPS) is 16.9. The number of hydrogen-bond acceptors (Lipinski definition) is 3. The van der Waals surface area contributed by atoms with Crippen LogP contribution in [0.15, 0.2) is 36.5 Å². The summed E-state index contributed by atoms with van der Waals surface area (Å²) in [4.78, 5) is 11.5. The number of hydrogen-bond donors (Lipinski definition) is 1. The first-order valence-corrected chi connectivity index (χ1v) is 7.51. The number of ether oxygens (including phenoxy) is 1. The number of rotatable bonds is 4. The Hall–Kier alpha value is -1.35. The molecule has 1 atom stereocenters. The summed E-state index contributed by atoms with van der Waals surface area (Å²) in [5.74, 6) is -0.194. The second kappa shape index (κ2) is 14.1. The van der Waals surface area contributed by atoms with E-state index >= 15 is 0 Å². The molecule has 1 rings (SSSR count). The van der Waals surface area contributed by atoms with Crippen molar-refractivity contribution in [3.63, 3.8) is 0 Å². The fraction of sp³-hybridized carbons (Fsp3) is 0.588. The van der Waals surface area contributed by atoms with Gasteiger partial charge in [-0.2, -0.15) is 0 Å². The van der Waals surface area contributed by atoms with E-state index in [-0.39, 0.29) is 12.0 Å². The summed E-state index contributed by atoms with van der Waals surface area (Å²) < 4.78 is 4.96. The summed E-state index contributed by atoms with van der Waals surface area (Å²) in [7, 11) is 0. The highest BCUT2D eigenvalue weighted by molar-refractivity contribution is 5.77. The minimum absolute atomic E-state index is 0.194. The largest absolute Gasteiger partial charge is 0.465 e. The van der Waals surface area contributed by atoms with Gasteiger partial charge in [-0.1, -0.05) is 59.4 Å². The molecule has 0 aliphatic carbocycles. The minimum Gasteiger partial charge on any atom is -0.465 e. The third-order valence-corrected chi connectivity index (χ3v) is 2.44. The third-order valence-electron chi connectivity index (χ3n) is 2.44. The van der Waals surface area contributed by atoms with E-state index in [1.807, 2.05) is 13.8 Å². The molecule has 1 heterocycles. The minimum atomic E-state index is -0.248. The molecule has 20 heavy (non-hydrogen) atoms. The molecule has 0 saturated heterocycles. The van der Waals surface area contributed by atoms with E-state index in [9.17, 15) is 4.79 Å². The zero-order valence-corrected chi connectivity index (χ0v) is 13.8. The maximum absolute atomic E-state index is 11.5. The van der Waals surface area contributed by atoms with Gasteiger partial charge in [0.1, 0.15) is 6.04 Å². The van der Waals surface area contributed by atoms with Crippen LogP contribution in [0, 0.1) is 0 Å². The molecule has 1 aliphatic heterocycles. The molecule has 0 spiro atoms. The Balaban J connectivity index is 0. The van der Waals surface area contributed by atoms with Gasteiger partial charge in [-0.05, 0) is 24.5 Å². The van der Waals surface area contributed by atoms with Crippen LogP contribution in [0.4, 0.5) is 0 Å². The van der Waals surface area contributed by atoms with Gasteiger partial charge in [-0.15, -0.1) is 0 Å². The first-order chi connectivity index (χ1) is 9.64. The number of carbonyl (C=O) groups is 1. The van der Waals surface area contributed by atoms with E-state index in [1.165, 1.54) is 6.42 Å². The smallest absolute Gasteiger partial charge is 0.323 e.